The van der Waals surface area contributed by atoms with Gasteiger partial charge in [0.05, 0.1) is 12.6 Å². The van der Waals surface area contributed by atoms with Crippen LogP contribution in [0.1, 0.15) is 12.8 Å². The van der Waals surface area contributed by atoms with E-state index in [4.69, 9.17) is 15.6 Å². The zero-order valence-corrected chi connectivity index (χ0v) is 11.0. The van der Waals surface area contributed by atoms with Crippen molar-refractivity contribution in [3.05, 3.63) is 0 Å². The molecule has 18 heavy (non-hydrogen) atoms. The van der Waals surface area contributed by atoms with Gasteiger partial charge in [0.1, 0.15) is 0 Å². The van der Waals surface area contributed by atoms with Crippen LogP contribution in [-0.4, -0.2) is 68.3 Å². The third-order valence-corrected chi connectivity index (χ3v) is 2.48. The Morgan fingerprint density at radius 3 is 2.67 bits per heavy atom. The molecule has 0 aromatic heterocycles. The van der Waals surface area contributed by atoms with E-state index in [0.717, 1.165) is 6.54 Å². The molecule has 0 aromatic carbocycles. The number of ether oxygens (including phenoxy) is 1. The van der Waals surface area contributed by atoms with Crippen molar-refractivity contribution >= 4 is 11.9 Å². The lowest BCUT2D eigenvalue weighted by Gasteiger charge is -2.17. The molecule has 1 atom stereocenters. The largest absolute Gasteiger partial charge is 0.481 e. The van der Waals surface area contributed by atoms with Crippen molar-refractivity contribution in [2.75, 3.05) is 40.4 Å². The Hall–Kier alpha value is -1.18. The standard InChI is InChI=1S/C11H23N3O4/c1-14(7-8-18-2)6-5-13-11(17)9(12)3-4-10(15)16/h9H,3-8,12H2,1-2H3,(H,13,17)(H,15,16). The Bertz CT molecular complexity index is 261. The van der Waals surface area contributed by atoms with Gasteiger partial charge in [-0.15, -0.1) is 0 Å². The predicted molar refractivity (Wildman–Crippen MR) is 67.2 cm³/mol. The Labute approximate surface area is 107 Å². The van der Waals surface area contributed by atoms with Gasteiger partial charge in [0, 0.05) is 33.2 Å². The highest BCUT2D eigenvalue weighted by Crippen LogP contribution is 1.94. The molecule has 0 bridgehead atoms. The molecule has 4 N–H and O–H groups in total. The van der Waals surface area contributed by atoms with Crippen LogP contribution in [0.2, 0.25) is 0 Å². The molecule has 0 aliphatic carbocycles. The first-order valence-electron chi connectivity index (χ1n) is 5.90. The summed E-state index contributed by atoms with van der Waals surface area (Å²) in [6, 6.07) is -0.759. The zero-order valence-electron chi connectivity index (χ0n) is 11.0. The molecule has 0 spiro atoms. The van der Waals surface area contributed by atoms with Crippen LogP contribution < -0.4 is 11.1 Å². The summed E-state index contributed by atoms with van der Waals surface area (Å²) in [7, 11) is 3.56. The number of carboxylic acid groups (broad SMARTS) is 1. The number of carbonyl (C=O) groups excluding carboxylic acids is 1. The first-order valence-corrected chi connectivity index (χ1v) is 5.90. The molecule has 0 aromatic rings. The molecular weight excluding hydrogens is 238 g/mol. The monoisotopic (exact) mass is 261 g/mol. The molecule has 106 valence electrons. The molecule has 0 heterocycles. The number of rotatable bonds is 10. The number of carboxylic acids is 1. The van der Waals surface area contributed by atoms with Crippen LogP contribution in [0.25, 0.3) is 0 Å². The van der Waals surface area contributed by atoms with Crippen LogP contribution in [0.5, 0.6) is 0 Å². The molecule has 0 rings (SSSR count). The van der Waals surface area contributed by atoms with Crippen molar-refractivity contribution in [3.8, 4) is 0 Å². The van der Waals surface area contributed by atoms with Gasteiger partial charge in [-0.3, -0.25) is 9.59 Å². The van der Waals surface area contributed by atoms with Crippen LogP contribution in [0.3, 0.4) is 0 Å². The molecule has 0 saturated carbocycles. The average Bonchev–Trinajstić information content (AvgIpc) is 2.33. The lowest BCUT2D eigenvalue weighted by molar-refractivity contribution is -0.137. The van der Waals surface area contributed by atoms with E-state index in [0.29, 0.717) is 19.7 Å². The Morgan fingerprint density at radius 2 is 2.11 bits per heavy atom. The molecule has 1 unspecified atom stereocenters. The normalized spacial score (nSPS) is 12.4. The van der Waals surface area contributed by atoms with Gasteiger partial charge in [0.2, 0.25) is 5.91 Å². The van der Waals surface area contributed by atoms with Gasteiger partial charge in [-0.25, -0.2) is 0 Å². The zero-order chi connectivity index (χ0) is 14.0. The van der Waals surface area contributed by atoms with E-state index in [9.17, 15) is 9.59 Å². The first-order chi connectivity index (χ1) is 8.47. The summed E-state index contributed by atoms with van der Waals surface area (Å²) in [4.78, 5) is 23.8. The van der Waals surface area contributed by atoms with Crippen molar-refractivity contribution in [2.24, 2.45) is 5.73 Å². The van der Waals surface area contributed by atoms with E-state index < -0.39 is 12.0 Å². The Kier molecular flexibility index (Phi) is 9.17. The van der Waals surface area contributed by atoms with Gasteiger partial charge in [0.25, 0.3) is 0 Å². The van der Waals surface area contributed by atoms with E-state index in [1.54, 1.807) is 7.11 Å². The van der Waals surface area contributed by atoms with Gasteiger partial charge in [0.15, 0.2) is 0 Å². The summed E-state index contributed by atoms with van der Waals surface area (Å²) >= 11 is 0. The van der Waals surface area contributed by atoms with Crippen molar-refractivity contribution in [2.45, 2.75) is 18.9 Å². The van der Waals surface area contributed by atoms with E-state index >= 15 is 0 Å². The molecule has 7 nitrogen and oxygen atoms in total. The maximum absolute atomic E-state index is 11.5. The highest BCUT2D eigenvalue weighted by Gasteiger charge is 2.14. The fraction of sp³-hybridized carbons (Fsp3) is 0.818. The fourth-order valence-electron chi connectivity index (χ4n) is 1.27. The quantitative estimate of drug-likeness (QED) is 0.460. The summed E-state index contributed by atoms with van der Waals surface area (Å²) < 4.78 is 4.93. The van der Waals surface area contributed by atoms with Crippen LogP contribution in [0, 0.1) is 0 Å². The third kappa shape index (κ3) is 8.91. The number of amides is 1. The summed E-state index contributed by atoms with van der Waals surface area (Å²) in [5.74, 6) is -1.26. The number of carbonyl (C=O) groups is 2. The number of nitrogens with two attached hydrogens (primary N) is 1. The lowest BCUT2D eigenvalue weighted by Crippen LogP contribution is -2.43. The van der Waals surface area contributed by atoms with Crippen LogP contribution in [0.15, 0.2) is 0 Å². The summed E-state index contributed by atoms with van der Waals surface area (Å²) in [6.45, 7) is 2.61. The van der Waals surface area contributed by atoms with Crippen LogP contribution in [0.4, 0.5) is 0 Å². The minimum Gasteiger partial charge on any atom is -0.481 e. The predicted octanol–water partition coefficient (Wildman–Crippen LogP) is -1.13. The number of nitrogens with one attached hydrogen (secondary N) is 1. The molecule has 0 saturated heterocycles. The fourth-order valence-corrected chi connectivity index (χ4v) is 1.27. The number of nitrogens with zero attached hydrogens (tertiary/aromatic N) is 1. The molecule has 7 heteroatoms. The topological polar surface area (TPSA) is 105 Å². The number of hydrogen-bond acceptors (Lipinski definition) is 5. The van der Waals surface area contributed by atoms with Gasteiger partial charge in [-0.1, -0.05) is 0 Å². The minimum absolute atomic E-state index is 0.0949. The van der Waals surface area contributed by atoms with Crippen LogP contribution >= 0.6 is 0 Å². The maximum atomic E-state index is 11.5. The SMILES string of the molecule is COCCN(C)CCNC(=O)C(N)CCC(=O)O. The Balaban J connectivity index is 3.65. The number of aliphatic carboxylic acids is 1. The lowest BCUT2D eigenvalue weighted by atomic mass is 10.1. The van der Waals surface area contributed by atoms with Crippen molar-refractivity contribution in [3.63, 3.8) is 0 Å². The van der Waals surface area contributed by atoms with E-state index in [-0.39, 0.29) is 18.7 Å². The third-order valence-electron chi connectivity index (χ3n) is 2.48. The summed E-state index contributed by atoms with van der Waals surface area (Å²) in [5, 5.41) is 11.1. The van der Waals surface area contributed by atoms with E-state index in [1.165, 1.54) is 0 Å². The summed E-state index contributed by atoms with van der Waals surface area (Å²) in [5.41, 5.74) is 5.55. The smallest absolute Gasteiger partial charge is 0.303 e. The van der Waals surface area contributed by atoms with Crippen molar-refractivity contribution < 1.29 is 19.4 Å². The van der Waals surface area contributed by atoms with Crippen molar-refractivity contribution in [1.29, 1.82) is 0 Å². The van der Waals surface area contributed by atoms with E-state index in [1.807, 2.05) is 11.9 Å². The van der Waals surface area contributed by atoms with E-state index in [2.05, 4.69) is 5.32 Å². The molecular formula is C11H23N3O4. The van der Waals surface area contributed by atoms with Crippen LogP contribution in [-0.2, 0) is 14.3 Å². The van der Waals surface area contributed by atoms with Gasteiger partial charge < -0.3 is 25.8 Å². The van der Waals surface area contributed by atoms with Gasteiger partial charge in [-0.05, 0) is 13.5 Å². The number of methoxy groups -OCH3 is 1. The van der Waals surface area contributed by atoms with Gasteiger partial charge in [-0.2, -0.15) is 0 Å². The second kappa shape index (κ2) is 9.81. The second-order valence-electron chi connectivity index (χ2n) is 4.13. The molecule has 0 fully saturated rings. The Morgan fingerprint density at radius 1 is 1.44 bits per heavy atom. The average molecular weight is 261 g/mol. The summed E-state index contributed by atoms with van der Waals surface area (Å²) in [6.07, 6.45) is 0.0585. The first kappa shape index (κ1) is 16.8. The highest BCUT2D eigenvalue weighted by atomic mass is 16.5. The molecule has 0 aliphatic rings. The highest BCUT2D eigenvalue weighted by molar-refractivity contribution is 5.82. The molecule has 0 radical (unpaired) electrons. The molecule has 0 aliphatic heterocycles. The second-order valence-corrected chi connectivity index (χ2v) is 4.13. The number of likely N-dealkylation sites (N-methyl/N-ethyl adjacent to an activating group) is 1. The van der Waals surface area contributed by atoms with Gasteiger partial charge >= 0.3 is 5.97 Å². The minimum atomic E-state index is -0.947. The number of hydrogen-bond donors (Lipinski definition) is 3. The van der Waals surface area contributed by atoms with Crippen molar-refractivity contribution in [1.82, 2.24) is 10.2 Å². The maximum Gasteiger partial charge on any atom is 0.303 e. The molecule has 1 amide bonds.